The van der Waals surface area contributed by atoms with E-state index in [1.807, 2.05) is 48.5 Å². The van der Waals surface area contributed by atoms with Crippen molar-refractivity contribution in [3.63, 3.8) is 0 Å². The monoisotopic (exact) mass is 313 g/mol. The first-order chi connectivity index (χ1) is 10.7. The van der Waals surface area contributed by atoms with E-state index in [-0.39, 0.29) is 0 Å². The minimum atomic E-state index is -0.807. The zero-order chi connectivity index (χ0) is 15.5. The average Bonchev–Trinajstić information content (AvgIpc) is 2.57. The van der Waals surface area contributed by atoms with Crippen molar-refractivity contribution in [3.8, 4) is 0 Å². The molecule has 0 heterocycles. The molecular weight excluding hydrogens is 302 g/mol. The number of hydroxylamine groups is 1. The van der Waals surface area contributed by atoms with Gasteiger partial charge < -0.3 is 0 Å². The number of amides is 2. The van der Waals surface area contributed by atoms with Crippen LogP contribution in [0.4, 0.5) is 4.79 Å². The predicted molar refractivity (Wildman–Crippen MR) is 87.5 cm³/mol. The lowest BCUT2D eigenvalue weighted by Gasteiger charge is -2.10. The van der Waals surface area contributed by atoms with Crippen molar-refractivity contribution >= 4 is 45.4 Å². The lowest BCUT2D eigenvalue weighted by Crippen LogP contribution is -2.29. The number of nitrogens with zero attached hydrogens (tertiary/aromatic N) is 1. The summed E-state index contributed by atoms with van der Waals surface area (Å²) in [4.78, 5) is 11.0. The molecule has 0 aliphatic carbocycles. The Bertz CT molecular complexity index is 836. The predicted octanol–water partition coefficient (Wildman–Crippen LogP) is 3.67. The van der Waals surface area contributed by atoms with E-state index in [1.54, 1.807) is 0 Å². The summed E-state index contributed by atoms with van der Waals surface area (Å²) in [6.07, 6.45) is 1.54. The molecule has 0 saturated carbocycles. The summed E-state index contributed by atoms with van der Waals surface area (Å²) in [5.41, 5.74) is 4.45. The van der Waals surface area contributed by atoms with Gasteiger partial charge in [0.25, 0.3) is 0 Å². The van der Waals surface area contributed by atoms with Gasteiger partial charge in [-0.3, -0.25) is 5.21 Å². The average molecular weight is 314 g/mol. The third-order valence-corrected chi connectivity index (χ3v) is 3.78. The number of hydrazone groups is 1. The number of fused-ring (bicyclic) bond motifs is 2. The molecule has 22 heavy (non-hydrogen) atoms. The standard InChI is InChI=1S/C16H12ClN3O2/c17-15-12-7-3-1-5-10(12)14(9-18-19-16(21)20-22)11-6-2-4-8-13(11)15/h1-9,22H,(H2,19,20,21)/b18-9+. The molecule has 0 radical (unpaired) electrons. The topological polar surface area (TPSA) is 73.7 Å². The number of carbonyl (C=O) groups excluding carboxylic acids is 1. The van der Waals surface area contributed by atoms with Crippen LogP contribution in [0.15, 0.2) is 53.6 Å². The molecule has 3 aromatic carbocycles. The molecule has 3 aromatic rings. The number of hydrogen-bond acceptors (Lipinski definition) is 3. The molecule has 0 aromatic heterocycles. The summed E-state index contributed by atoms with van der Waals surface area (Å²) >= 11 is 6.50. The third kappa shape index (κ3) is 2.47. The SMILES string of the molecule is O=C(NO)N/N=C/c1c2ccccc2c(Cl)c2ccccc12. The molecule has 0 saturated heterocycles. The molecule has 3 N–H and O–H groups in total. The van der Waals surface area contributed by atoms with Crippen molar-refractivity contribution in [2.24, 2.45) is 5.10 Å². The van der Waals surface area contributed by atoms with Gasteiger partial charge in [0.15, 0.2) is 0 Å². The minimum Gasteiger partial charge on any atom is -0.287 e. The molecule has 0 spiro atoms. The highest BCUT2D eigenvalue weighted by Crippen LogP contribution is 2.35. The molecule has 2 amide bonds. The van der Waals surface area contributed by atoms with Crippen LogP contribution in [-0.2, 0) is 0 Å². The first-order valence-electron chi connectivity index (χ1n) is 6.54. The van der Waals surface area contributed by atoms with E-state index in [1.165, 1.54) is 11.7 Å². The summed E-state index contributed by atoms with van der Waals surface area (Å²) in [6.45, 7) is 0. The second-order valence-electron chi connectivity index (χ2n) is 4.63. The first-order valence-corrected chi connectivity index (χ1v) is 6.92. The Labute approximate surface area is 131 Å². The maximum Gasteiger partial charge on any atom is 0.358 e. The van der Waals surface area contributed by atoms with Gasteiger partial charge in [-0.15, -0.1) is 0 Å². The van der Waals surface area contributed by atoms with Crippen molar-refractivity contribution in [1.29, 1.82) is 0 Å². The van der Waals surface area contributed by atoms with Crippen molar-refractivity contribution < 1.29 is 10.0 Å². The second-order valence-corrected chi connectivity index (χ2v) is 5.01. The molecule has 0 unspecified atom stereocenters. The van der Waals surface area contributed by atoms with Gasteiger partial charge in [0.05, 0.1) is 11.2 Å². The number of urea groups is 1. The first kappa shape index (κ1) is 14.3. The second kappa shape index (κ2) is 6.01. The molecular formula is C16H12ClN3O2. The number of carbonyl (C=O) groups is 1. The Morgan fingerprint density at radius 1 is 1.00 bits per heavy atom. The Balaban J connectivity index is 2.25. The smallest absolute Gasteiger partial charge is 0.287 e. The van der Waals surface area contributed by atoms with Crippen LogP contribution >= 0.6 is 11.6 Å². The van der Waals surface area contributed by atoms with Crippen molar-refractivity contribution in [2.45, 2.75) is 0 Å². The molecule has 6 heteroatoms. The third-order valence-electron chi connectivity index (χ3n) is 3.37. The van der Waals surface area contributed by atoms with Gasteiger partial charge in [-0.25, -0.2) is 15.7 Å². The van der Waals surface area contributed by atoms with E-state index in [9.17, 15) is 4.79 Å². The van der Waals surface area contributed by atoms with Gasteiger partial charge in [-0.05, 0) is 10.8 Å². The lowest BCUT2D eigenvalue weighted by molar-refractivity contribution is 0.162. The Morgan fingerprint density at radius 2 is 1.50 bits per heavy atom. The molecule has 0 atom stereocenters. The van der Waals surface area contributed by atoms with Crippen molar-refractivity contribution in [3.05, 3.63) is 59.1 Å². The summed E-state index contributed by atoms with van der Waals surface area (Å²) in [5.74, 6) is 0. The van der Waals surface area contributed by atoms with Gasteiger partial charge in [0.2, 0.25) is 0 Å². The van der Waals surface area contributed by atoms with Crippen molar-refractivity contribution in [1.82, 2.24) is 10.9 Å². The Morgan fingerprint density at radius 3 is 2.00 bits per heavy atom. The summed E-state index contributed by atoms with van der Waals surface area (Å²) in [6, 6.07) is 14.6. The van der Waals surface area contributed by atoms with E-state index in [0.717, 1.165) is 27.1 Å². The van der Waals surface area contributed by atoms with Gasteiger partial charge in [0, 0.05) is 16.3 Å². The number of hydrogen-bond donors (Lipinski definition) is 3. The highest BCUT2D eigenvalue weighted by Gasteiger charge is 2.10. The normalized spacial score (nSPS) is 11.2. The molecule has 0 aliphatic rings. The number of nitrogens with one attached hydrogen (secondary N) is 2. The molecule has 0 aliphatic heterocycles. The Hall–Kier alpha value is -2.63. The molecule has 3 rings (SSSR count). The minimum absolute atomic E-state index is 0.685. The molecule has 0 bridgehead atoms. The van der Waals surface area contributed by atoms with Crippen LogP contribution in [0.2, 0.25) is 5.02 Å². The quantitative estimate of drug-likeness (QED) is 0.292. The lowest BCUT2D eigenvalue weighted by atomic mass is 9.97. The van der Waals surface area contributed by atoms with Gasteiger partial charge in [-0.2, -0.15) is 5.10 Å². The van der Waals surface area contributed by atoms with Crippen LogP contribution in [0, 0.1) is 0 Å². The maximum absolute atomic E-state index is 11.0. The highest BCUT2D eigenvalue weighted by atomic mass is 35.5. The summed E-state index contributed by atoms with van der Waals surface area (Å²) < 4.78 is 0. The van der Waals surface area contributed by atoms with E-state index >= 15 is 0 Å². The van der Waals surface area contributed by atoms with E-state index in [0.29, 0.717) is 5.02 Å². The van der Waals surface area contributed by atoms with Crippen LogP contribution in [0.25, 0.3) is 21.5 Å². The van der Waals surface area contributed by atoms with E-state index in [4.69, 9.17) is 16.8 Å². The van der Waals surface area contributed by atoms with Crippen LogP contribution in [0.3, 0.4) is 0 Å². The Kier molecular flexibility index (Phi) is 3.91. The van der Waals surface area contributed by atoms with Crippen LogP contribution in [0.5, 0.6) is 0 Å². The largest absolute Gasteiger partial charge is 0.358 e. The zero-order valence-electron chi connectivity index (χ0n) is 11.4. The zero-order valence-corrected chi connectivity index (χ0v) is 12.1. The fourth-order valence-corrected chi connectivity index (χ4v) is 2.76. The van der Waals surface area contributed by atoms with Crippen LogP contribution in [-0.4, -0.2) is 17.5 Å². The summed E-state index contributed by atoms with van der Waals surface area (Å²) in [7, 11) is 0. The number of rotatable bonds is 2. The van der Waals surface area contributed by atoms with Gasteiger partial charge >= 0.3 is 6.03 Å². The van der Waals surface area contributed by atoms with Crippen LogP contribution in [0.1, 0.15) is 5.56 Å². The molecule has 0 fully saturated rings. The van der Waals surface area contributed by atoms with E-state index in [2.05, 4.69) is 10.5 Å². The number of benzene rings is 3. The van der Waals surface area contributed by atoms with E-state index < -0.39 is 6.03 Å². The van der Waals surface area contributed by atoms with Crippen LogP contribution < -0.4 is 10.9 Å². The molecule has 5 nitrogen and oxygen atoms in total. The van der Waals surface area contributed by atoms with Crippen molar-refractivity contribution in [2.75, 3.05) is 0 Å². The summed E-state index contributed by atoms with van der Waals surface area (Å²) in [5, 5.41) is 16.7. The number of halogens is 1. The fourth-order valence-electron chi connectivity index (χ4n) is 2.43. The maximum atomic E-state index is 11.0. The van der Waals surface area contributed by atoms with Gasteiger partial charge in [-0.1, -0.05) is 60.1 Å². The highest BCUT2D eigenvalue weighted by molar-refractivity contribution is 6.42. The fraction of sp³-hybridized carbons (Fsp3) is 0. The van der Waals surface area contributed by atoms with Gasteiger partial charge in [0.1, 0.15) is 0 Å². The molecule has 110 valence electrons.